The fourth-order valence-corrected chi connectivity index (χ4v) is 3.37. The molecule has 1 saturated carbocycles. The highest BCUT2D eigenvalue weighted by molar-refractivity contribution is 6.31. The molecule has 0 heterocycles. The summed E-state index contributed by atoms with van der Waals surface area (Å²) in [6, 6.07) is 4.65. The SMILES string of the molecule is CCNC(CC1(OC)CCC1)c1cc(C)c(Cl)cc1C. The van der Waals surface area contributed by atoms with Gasteiger partial charge in [-0.05, 0) is 68.8 Å². The summed E-state index contributed by atoms with van der Waals surface area (Å²) in [5, 5.41) is 4.47. The van der Waals surface area contributed by atoms with Crippen molar-refractivity contribution < 1.29 is 4.74 Å². The van der Waals surface area contributed by atoms with E-state index in [1.54, 1.807) is 0 Å². The van der Waals surface area contributed by atoms with Gasteiger partial charge in [-0.1, -0.05) is 24.6 Å². The molecule has 112 valence electrons. The monoisotopic (exact) mass is 295 g/mol. The van der Waals surface area contributed by atoms with Gasteiger partial charge < -0.3 is 10.1 Å². The van der Waals surface area contributed by atoms with Crippen LogP contribution in [-0.2, 0) is 4.74 Å². The summed E-state index contributed by atoms with van der Waals surface area (Å²) in [5.41, 5.74) is 3.84. The fraction of sp³-hybridized carbons (Fsp3) is 0.647. The third-order valence-corrected chi connectivity index (χ3v) is 5.05. The molecule has 20 heavy (non-hydrogen) atoms. The molecule has 1 fully saturated rings. The third kappa shape index (κ3) is 3.19. The number of nitrogens with one attached hydrogen (secondary N) is 1. The average molecular weight is 296 g/mol. The number of rotatable bonds is 6. The maximum atomic E-state index is 6.22. The van der Waals surface area contributed by atoms with Crippen molar-refractivity contribution in [2.24, 2.45) is 0 Å². The summed E-state index contributed by atoms with van der Waals surface area (Å²) in [7, 11) is 1.85. The van der Waals surface area contributed by atoms with Crippen LogP contribution >= 0.6 is 11.6 Å². The van der Waals surface area contributed by atoms with Crippen molar-refractivity contribution in [3.05, 3.63) is 33.8 Å². The van der Waals surface area contributed by atoms with Crippen LogP contribution in [-0.4, -0.2) is 19.3 Å². The second kappa shape index (κ2) is 6.46. The Bertz CT molecular complexity index is 463. The van der Waals surface area contributed by atoms with Crippen LogP contribution in [0.15, 0.2) is 12.1 Å². The maximum absolute atomic E-state index is 6.22. The second-order valence-corrected chi connectivity index (χ2v) is 6.42. The Kier molecular flexibility index (Phi) is 5.11. The molecule has 0 amide bonds. The Morgan fingerprint density at radius 2 is 2.00 bits per heavy atom. The van der Waals surface area contributed by atoms with Gasteiger partial charge in [0.25, 0.3) is 0 Å². The minimum atomic E-state index is 0.0762. The van der Waals surface area contributed by atoms with E-state index in [1.807, 2.05) is 7.11 Å². The van der Waals surface area contributed by atoms with Crippen molar-refractivity contribution in [2.75, 3.05) is 13.7 Å². The van der Waals surface area contributed by atoms with Crippen molar-refractivity contribution in [2.45, 2.75) is 58.1 Å². The van der Waals surface area contributed by atoms with E-state index in [0.29, 0.717) is 6.04 Å². The second-order valence-electron chi connectivity index (χ2n) is 6.01. The smallest absolute Gasteiger partial charge is 0.0697 e. The van der Waals surface area contributed by atoms with Crippen LogP contribution < -0.4 is 5.32 Å². The average Bonchev–Trinajstić information content (AvgIpc) is 2.37. The largest absolute Gasteiger partial charge is 0.378 e. The lowest BCUT2D eigenvalue weighted by Gasteiger charge is -2.43. The normalized spacial score (nSPS) is 18.6. The van der Waals surface area contributed by atoms with E-state index >= 15 is 0 Å². The van der Waals surface area contributed by atoms with E-state index in [-0.39, 0.29) is 5.60 Å². The molecule has 1 aliphatic carbocycles. The first-order valence-electron chi connectivity index (χ1n) is 7.56. The van der Waals surface area contributed by atoms with Gasteiger partial charge >= 0.3 is 0 Å². The summed E-state index contributed by atoms with van der Waals surface area (Å²) < 4.78 is 5.80. The van der Waals surface area contributed by atoms with Crippen molar-refractivity contribution >= 4 is 11.6 Å². The van der Waals surface area contributed by atoms with Crippen LogP contribution in [0, 0.1) is 13.8 Å². The van der Waals surface area contributed by atoms with Gasteiger partial charge in [-0.3, -0.25) is 0 Å². The van der Waals surface area contributed by atoms with Crippen LogP contribution in [0.5, 0.6) is 0 Å². The topological polar surface area (TPSA) is 21.3 Å². The van der Waals surface area contributed by atoms with E-state index in [9.17, 15) is 0 Å². The van der Waals surface area contributed by atoms with Crippen molar-refractivity contribution in [1.29, 1.82) is 0 Å². The molecule has 2 nitrogen and oxygen atoms in total. The van der Waals surface area contributed by atoms with E-state index in [0.717, 1.165) is 23.6 Å². The summed E-state index contributed by atoms with van der Waals surface area (Å²) in [4.78, 5) is 0. The zero-order valence-electron chi connectivity index (χ0n) is 13.1. The number of methoxy groups -OCH3 is 1. The molecule has 3 heteroatoms. The van der Waals surface area contributed by atoms with Gasteiger partial charge in [0.15, 0.2) is 0 Å². The van der Waals surface area contributed by atoms with E-state index < -0.39 is 0 Å². The standard InChI is InChI=1S/C17H26ClNO/c1-5-19-16(11-17(20-4)7-6-8-17)14-9-13(3)15(18)10-12(14)2/h9-10,16,19H,5-8,11H2,1-4H3. The van der Waals surface area contributed by atoms with Gasteiger partial charge in [-0.2, -0.15) is 0 Å². The van der Waals surface area contributed by atoms with Crippen LogP contribution in [0.3, 0.4) is 0 Å². The molecule has 1 unspecified atom stereocenters. The molecule has 0 radical (unpaired) electrons. The van der Waals surface area contributed by atoms with E-state index in [1.165, 1.54) is 30.4 Å². The first kappa shape index (κ1) is 15.8. The number of ether oxygens (including phenoxy) is 1. The molecule has 1 aromatic rings. The molecule has 0 aliphatic heterocycles. The van der Waals surface area contributed by atoms with Gasteiger partial charge in [-0.25, -0.2) is 0 Å². The minimum Gasteiger partial charge on any atom is -0.378 e. The molecule has 0 aromatic heterocycles. The number of hydrogen-bond acceptors (Lipinski definition) is 2. The van der Waals surface area contributed by atoms with Gasteiger partial charge in [-0.15, -0.1) is 0 Å². The van der Waals surface area contributed by atoms with Gasteiger partial charge in [0, 0.05) is 18.2 Å². The summed E-state index contributed by atoms with van der Waals surface area (Å²) in [6.07, 6.45) is 4.68. The van der Waals surface area contributed by atoms with Crippen LogP contribution in [0.1, 0.15) is 55.3 Å². The molecule has 0 spiro atoms. The Morgan fingerprint density at radius 3 is 2.50 bits per heavy atom. The maximum Gasteiger partial charge on any atom is 0.0697 e. The van der Waals surface area contributed by atoms with Crippen LogP contribution in [0.4, 0.5) is 0 Å². The van der Waals surface area contributed by atoms with Crippen LogP contribution in [0.2, 0.25) is 5.02 Å². The fourth-order valence-electron chi connectivity index (χ4n) is 3.15. The molecule has 1 aromatic carbocycles. The number of hydrogen-bond donors (Lipinski definition) is 1. The van der Waals surface area contributed by atoms with Gasteiger partial charge in [0.2, 0.25) is 0 Å². The predicted molar refractivity (Wildman–Crippen MR) is 85.6 cm³/mol. The Balaban J connectivity index is 2.26. The summed E-state index contributed by atoms with van der Waals surface area (Å²) in [6.45, 7) is 7.34. The summed E-state index contributed by atoms with van der Waals surface area (Å²) in [5.74, 6) is 0. The number of halogens is 1. The van der Waals surface area contributed by atoms with Crippen molar-refractivity contribution in [3.8, 4) is 0 Å². The zero-order valence-corrected chi connectivity index (χ0v) is 13.8. The molecular weight excluding hydrogens is 270 g/mol. The molecule has 2 rings (SSSR count). The third-order valence-electron chi connectivity index (χ3n) is 4.65. The van der Waals surface area contributed by atoms with Crippen molar-refractivity contribution in [1.82, 2.24) is 5.32 Å². The van der Waals surface area contributed by atoms with E-state index in [2.05, 4.69) is 38.2 Å². The lowest BCUT2D eigenvalue weighted by molar-refractivity contribution is -0.0837. The number of aryl methyl sites for hydroxylation is 2. The van der Waals surface area contributed by atoms with Crippen molar-refractivity contribution in [3.63, 3.8) is 0 Å². The first-order chi connectivity index (χ1) is 9.51. The highest BCUT2D eigenvalue weighted by atomic mass is 35.5. The molecular formula is C17H26ClNO. The lowest BCUT2D eigenvalue weighted by atomic mass is 9.74. The van der Waals surface area contributed by atoms with Gasteiger partial charge in [0.05, 0.1) is 5.60 Å². The quantitative estimate of drug-likeness (QED) is 0.830. The molecule has 0 bridgehead atoms. The molecule has 1 aliphatic rings. The molecule has 1 atom stereocenters. The predicted octanol–water partition coefficient (Wildman–Crippen LogP) is 4.57. The Morgan fingerprint density at radius 1 is 1.30 bits per heavy atom. The Hall–Kier alpha value is -0.570. The Labute approximate surface area is 127 Å². The first-order valence-corrected chi connectivity index (χ1v) is 7.94. The lowest BCUT2D eigenvalue weighted by Crippen LogP contribution is -2.43. The van der Waals surface area contributed by atoms with Crippen LogP contribution in [0.25, 0.3) is 0 Å². The number of benzene rings is 1. The highest BCUT2D eigenvalue weighted by Gasteiger charge is 2.39. The highest BCUT2D eigenvalue weighted by Crippen LogP contribution is 2.42. The van der Waals surface area contributed by atoms with Gasteiger partial charge in [0.1, 0.15) is 0 Å². The minimum absolute atomic E-state index is 0.0762. The molecule has 0 saturated heterocycles. The van der Waals surface area contributed by atoms with E-state index in [4.69, 9.17) is 16.3 Å². The molecule has 1 N–H and O–H groups in total. The zero-order chi connectivity index (χ0) is 14.8. The summed E-state index contributed by atoms with van der Waals surface area (Å²) >= 11 is 6.22.